The van der Waals surface area contributed by atoms with Crippen LogP contribution in [0.25, 0.3) is 0 Å². The summed E-state index contributed by atoms with van der Waals surface area (Å²) < 4.78 is 0. The van der Waals surface area contributed by atoms with Gasteiger partial charge in [-0.05, 0) is 167 Å². The third-order valence-electron chi connectivity index (χ3n) is 18.0. The van der Waals surface area contributed by atoms with Crippen LogP contribution in [0.1, 0.15) is 289 Å². The van der Waals surface area contributed by atoms with Gasteiger partial charge in [0.15, 0.2) is 0 Å². The molecule has 0 nitrogen and oxygen atoms in total. The van der Waals surface area contributed by atoms with Gasteiger partial charge in [-0.25, -0.2) is 0 Å². The van der Waals surface area contributed by atoms with Crippen LogP contribution in [-0.4, -0.2) is 50.9 Å². The van der Waals surface area contributed by atoms with Gasteiger partial charge in [-0.2, -0.15) is 0 Å². The van der Waals surface area contributed by atoms with Crippen molar-refractivity contribution in [3.8, 4) is 0 Å². The molecule has 9 rings (SSSR count). The Morgan fingerprint density at radius 1 is 0.148 bits per heavy atom. The van der Waals surface area contributed by atoms with Gasteiger partial charge in [0.1, 0.15) is 0 Å². The van der Waals surface area contributed by atoms with E-state index < -0.39 is 0 Å². The molecule has 9 aliphatic rings. The van der Waals surface area contributed by atoms with E-state index in [1.807, 2.05) is 0 Å². The van der Waals surface area contributed by atoms with Gasteiger partial charge in [-0.1, -0.05) is 197 Å². The van der Waals surface area contributed by atoms with Crippen molar-refractivity contribution in [3.05, 3.63) is 0 Å². The third-order valence-corrected chi connectivity index (χ3v) is 30.2. The van der Waals surface area contributed by atoms with Crippen LogP contribution in [0.3, 0.4) is 0 Å². The van der Waals surface area contributed by atoms with Gasteiger partial charge >= 0.3 is 19.5 Å². The van der Waals surface area contributed by atoms with Gasteiger partial charge in [-0.15, -0.1) is 0 Å². The van der Waals surface area contributed by atoms with Crippen molar-refractivity contribution in [2.24, 2.45) is 0 Å². The molecule has 0 atom stereocenters. The Kier molecular flexibility index (Phi) is 32.5. The normalized spacial score (nSPS) is 27.0. The summed E-state index contributed by atoms with van der Waals surface area (Å²) in [6.07, 6.45) is 70.9. The van der Waals surface area contributed by atoms with Crippen molar-refractivity contribution >= 4 is 23.8 Å². The van der Waals surface area contributed by atoms with Crippen molar-refractivity contribution in [2.75, 3.05) is 0 Å². The molecule has 0 aromatic heterocycles. The average molecular weight is 1050 g/mol. The largest absolute Gasteiger partial charge is 3.00 e. The zero-order valence-corrected chi connectivity index (χ0v) is 46.4. The summed E-state index contributed by atoms with van der Waals surface area (Å²) in [7, 11) is 1.15. The average Bonchev–Trinajstić information content (AvgIpc) is 3.30. The molecule has 0 aliphatic heterocycles. The predicted octanol–water partition coefficient (Wildman–Crippen LogP) is 10.4. The molecule has 0 radical (unpaired) electrons. The molecule has 7 heteroatoms. The fraction of sp³-hybridized carbons (Fsp3) is 1.00. The van der Waals surface area contributed by atoms with Crippen molar-refractivity contribution in [2.45, 2.75) is 340 Å². The maximum Gasteiger partial charge on any atom is 3.00 e. The third kappa shape index (κ3) is 18.9. The summed E-state index contributed by atoms with van der Waals surface area (Å²) in [6.45, 7) is 0. The fourth-order valence-corrected chi connectivity index (χ4v) is 29.1. The monoisotopic (exact) mass is 1050 g/mol. The van der Waals surface area contributed by atoms with Crippen molar-refractivity contribution in [1.29, 1.82) is 0 Å². The summed E-state index contributed by atoms with van der Waals surface area (Å²) in [4.78, 5) is 0. The van der Waals surface area contributed by atoms with Crippen LogP contribution in [0.4, 0.5) is 0 Å². The number of hydrogen-bond acceptors (Lipinski definition) is 0. The molecule has 61 heavy (non-hydrogen) atoms. The van der Waals surface area contributed by atoms with Crippen LogP contribution in [0.15, 0.2) is 0 Å². The minimum atomic E-state index is 0. The second kappa shape index (κ2) is 34.1. The van der Waals surface area contributed by atoms with Crippen LogP contribution in [0, 0.1) is 0 Å². The van der Waals surface area contributed by atoms with Crippen molar-refractivity contribution in [3.63, 3.8) is 0 Å². The van der Waals surface area contributed by atoms with Gasteiger partial charge in [0, 0.05) is 0 Å². The van der Waals surface area contributed by atoms with E-state index in [1.54, 1.807) is 231 Å². The van der Waals surface area contributed by atoms with E-state index in [9.17, 15) is 0 Å². The van der Waals surface area contributed by atoms with Gasteiger partial charge < -0.3 is 37.2 Å². The van der Waals surface area contributed by atoms with E-state index in [1.165, 1.54) is 109 Å². The van der Waals surface area contributed by atoms with Crippen LogP contribution < -0.4 is 37.2 Å². The second-order valence-corrected chi connectivity index (χ2v) is 31.2. The number of hydrogen-bond donors (Lipinski definition) is 0. The molecule has 0 spiro atoms. The molecule has 0 N–H and O–H groups in total. The molecule has 0 heterocycles. The van der Waals surface area contributed by atoms with Crippen LogP contribution in [0.5, 0.6) is 0 Å². The zero-order chi connectivity index (χ0) is 38.7. The second-order valence-electron chi connectivity index (χ2n) is 22.0. The van der Waals surface area contributed by atoms with Gasteiger partial charge in [0.2, 0.25) is 0 Å². The molecular weight excluding hydrogens is 951 g/mol. The standard InChI is InChI=1S/3C18H33P.3ClH.Rh/c3*1-4-10-16(11-5-1)19(17-12-6-2-7-13-17)18-14-8-3-9-15-18;;;;/h3*16-18H,1-15H2;3*1H;/q;;;;;;+3/p-3. The molecule has 0 unspecified atom stereocenters. The molecule has 360 valence electrons. The molecule has 9 fully saturated rings. The van der Waals surface area contributed by atoms with Crippen molar-refractivity contribution in [1.82, 2.24) is 0 Å². The number of rotatable bonds is 9. The maximum absolute atomic E-state index is 1.61. The maximum atomic E-state index is 1.61. The Labute approximate surface area is 417 Å². The summed E-state index contributed by atoms with van der Waals surface area (Å²) in [6, 6.07) is 0. The van der Waals surface area contributed by atoms with E-state index in [0.29, 0.717) is 23.8 Å². The van der Waals surface area contributed by atoms with E-state index in [4.69, 9.17) is 0 Å². The summed E-state index contributed by atoms with van der Waals surface area (Å²) >= 11 is 0. The molecular formula is C54H99Cl3P3Rh. The van der Waals surface area contributed by atoms with E-state index >= 15 is 0 Å². The summed E-state index contributed by atoms with van der Waals surface area (Å²) in [5.74, 6) is 0. The Morgan fingerprint density at radius 3 is 0.311 bits per heavy atom. The Balaban J connectivity index is 0.000000236. The van der Waals surface area contributed by atoms with Crippen LogP contribution >= 0.6 is 23.8 Å². The summed E-state index contributed by atoms with van der Waals surface area (Å²) in [5.41, 5.74) is 10.7. The first kappa shape index (κ1) is 58.1. The minimum absolute atomic E-state index is 0. The predicted molar refractivity (Wildman–Crippen MR) is 263 cm³/mol. The Morgan fingerprint density at radius 2 is 0.230 bits per heavy atom. The minimum Gasteiger partial charge on any atom is -1.00 e. The topological polar surface area (TPSA) is 0 Å². The molecule has 9 saturated carbocycles. The van der Waals surface area contributed by atoms with Crippen molar-refractivity contribution < 1.29 is 56.7 Å². The first-order valence-electron chi connectivity index (χ1n) is 27.7. The van der Waals surface area contributed by atoms with E-state index in [0.717, 1.165) is 0 Å². The smallest absolute Gasteiger partial charge is 1.00 e. The van der Waals surface area contributed by atoms with Gasteiger partial charge in [0.25, 0.3) is 0 Å². The summed E-state index contributed by atoms with van der Waals surface area (Å²) in [5, 5.41) is 0. The molecule has 9 aliphatic carbocycles. The molecule has 0 saturated heterocycles. The quantitative estimate of drug-likeness (QED) is 0.160. The van der Waals surface area contributed by atoms with E-state index in [2.05, 4.69) is 0 Å². The first-order valence-corrected chi connectivity index (χ1v) is 32.3. The SMILES string of the molecule is C1CCC(P(C2CCCCC2)C2CCCCC2)CC1.C1CCC(P(C2CCCCC2)C2CCCCC2)CC1.C1CCC(P(C2CCCCC2)C2CCCCC2)CC1.[Cl-].[Cl-].[Cl-].[Rh+3]. The molecule has 0 bridgehead atoms. The van der Waals surface area contributed by atoms with Crippen LogP contribution in [0.2, 0.25) is 0 Å². The molecule has 0 aromatic rings. The van der Waals surface area contributed by atoms with E-state index in [-0.39, 0.29) is 56.7 Å². The van der Waals surface area contributed by atoms with Crippen LogP contribution in [-0.2, 0) is 19.5 Å². The Hall–Kier alpha value is 2.78. The molecule has 0 aromatic carbocycles. The Bertz CT molecular complexity index is 758. The number of halogens is 3. The zero-order valence-electron chi connectivity index (χ0n) is 39.8. The molecule has 0 amide bonds. The fourth-order valence-electron chi connectivity index (χ4n) is 15.1. The van der Waals surface area contributed by atoms with Gasteiger partial charge in [0.05, 0.1) is 0 Å². The first-order chi connectivity index (χ1) is 28.3. The van der Waals surface area contributed by atoms with Gasteiger partial charge in [-0.3, -0.25) is 0 Å².